The summed E-state index contributed by atoms with van der Waals surface area (Å²) in [5.41, 5.74) is 0.461. The van der Waals surface area contributed by atoms with Crippen LogP contribution in [0.15, 0.2) is 16.9 Å². The minimum atomic E-state index is -0.438. The van der Waals surface area contributed by atoms with Gasteiger partial charge in [-0.2, -0.15) is 11.8 Å². The summed E-state index contributed by atoms with van der Waals surface area (Å²) in [6.07, 6.45) is 4.80. The zero-order valence-corrected chi connectivity index (χ0v) is 12.3. The lowest BCUT2D eigenvalue weighted by atomic mass is 10.2. The molecule has 94 valence electrons. The highest BCUT2D eigenvalue weighted by Gasteiger charge is 2.21. The first-order chi connectivity index (χ1) is 7.87. The fourth-order valence-corrected chi connectivity index (χ4v) is 1.79. The van der Waals surface area contributed by atoms with Gasteiger partial charge in [0.15, 0.2) is 0 Å². The fraction of sp³-hybridized carbons (Fsp3) is 0.500. The highest BCUT2D eigenvalue weighted by atomic mass is 79.9. The summed E-state index contributed by atoms with van der Waals surface area (Å²) in [6.45, 7) is 4.79. The molecule has 1 aromatic heterocycles. The Kier molecular flexibility index (Phi) is 4.76. The van der Waals surface area contributed by atoms with Crippen molar-refractivity contribution in [1.82, 2.24) is 4.98 Å². The van der Waals surface area contributed by atoms with Crippen molar-refractivity contribution in [3.63, 3.8) is 0 Å². The van der Waals surface area contributed by atoms with Gasteiger partial charge >= 0.3 is 5.69 Å². The molecule has 0 bridgehead atoms. The Bertz CT molecular complexity index is 426. The predicted molar refractivity (Wildman–Crippen MR) is 74.7 cm³/mol. The van der Waals surface area contributed by atoms with Gasteiger partial charge in [-0.3, -0.25) is 15.1 Å². The van der Waals surface area contributed by atoms with Crippen molar-refractivity contribution >= 4 is 39.1 Å². The van der Waals surface area contributed by atoms with Gasteiger partial charge in [-0.05, 0) is 36.0 Å². The number of nitro groups is 1. The van der Waals surface area contributed by atoms with E-state index in [0.717, 1.165) is 0 Å². The van der Waals surface area contributed by atoms with E-state index in [1.807, 2.05) is 6.26 Å². The van der Waals surface area contributed by atoms with Crippen molar-refractivity contribution < 1.29 is 4.92 Å². The molecule has 0 aliphatic rings. The molecule has 0 atom stereocenters. The van der Waals surface area contributed by atoms with E-state index in [9.17, 15) is 10.1 Å². The lowest BCUT2D eigenvalue weighted by Gasteiger charge is -2.23. The van der Waals surface area contributed by atoms with E-state index in [0.29, 0.717) is 16.7 Å². The molecule has 5 nitrogen and oxygen atoms in total. The van der Waals surface area contributed by atoms with Gasteiger partial charge in [-0.1, -0.05) is 0 Å². The predicted octanol–water partition coefficient (Wildman–Crippen LogP) is 3.31. The van der Waals surface area contributed by atoms with Crippen LogP contribution in [-0.4, -0.2) is 27.5 Å². The third kappa shape index (κ3) is 3.85. The van der Waals surface area contributed by atoms with Crippen molar-refractivity contribution in [3.05, 3.63) is 27.0 Å². The van der Waals surface area contributed by atoms with Gasteiger partial charge in [0.25, 0.3) is 0 Å². The van der Waals surface area contributed by atoms with Crippen LogP contribution in [0.2, 0.25) is 0 Å². The lowest BCUT2D eigenvalue weighted by Crippen LogP contribution is -2.26. The molecule has 0 aliphatic heterocycles. The van der Waals surface area contributed by atoms with E-state index in [2.05, 4.69) is 40.1 Å². The molecule has 0 fully saturated rings. The Morgan fingerprint density at radius 3 is 2.76 bits per heavy atom. The van der Waals surface area contributed by atoms with E-state index >= 15 is 0 Å². The van der Waals surface area contributed by atoms with Crippen LogP contribution >= 0.6 is 27.7 Å². The molecule has 1 N–H and O–H groups in total. The van der Waals surface area contributed by atoms with Crippen molar-refractivity contribution in [2.45, 2.75) is 18.6 Å². The highest BCUT2D eigenvalue weighted by Crippen LogP contribution is 2.32. The van der Waals surface area contributed by atoms with E-state index < -0.39 is 4.92 Å². The van der Waals surface area contributed by atoms with Gasteiger partial charge in [0.1, 0.15) is 11.9 Å². The topological polar surface area (TPSA) is 68.1 Å². The average molecular weight is 320 g/mol. The first kappa shape index (κ1) is 14.2. The summed E-state index contributed by atoms with van der Waals surface area (Å²) >= 11 is 4.97. The summed E-state index contributed by atoms with van der Waals surface area (Å²) < 4.78 is 0.611. The quantitative estimate of drug-likeness (QED) is 0.666. The molecule has 0 saturated heterocycles. The Morgan fingerprint density at radius 1 is 1.59 bits per heavy atom. The number of halogens is 1. The van der Waals surface area contributed by atoms with Crippen LogP contribution in [0.5, 0.6) is 0 Å². The molecule has 0 spiro atoms. The number of anilines is 1. The third-order valence-electron chi connectivity index (χ3n) is 2.32. The van der Waals surface area contributed by atoms with E-state index in [1.165, 1.54) is 6.20 Å². The van der Waals surface area contributed by atoms with Crippen molar-refractivity contribution in [2.75, 3.05) is 18.1 Å². The largest absolute Gasteiger partial charge is 0.377 e. The Labute approximate surface area is 113 Å². The fourth-order valence-electron chi connectivity index (χ4n) is 1.11. The summed E-state index contributed by atoms with van der Waals surface area (Å²) in [7, 11) is 0. The zero-order chi connectivity index (χ0) is 13.1. The highest BCUT2D eigenvalue weighted by molar-refractivity contribution is 9.10. The number of nitrogens with one attached hydrogen (secondary N) is 1. The normalized spacial score (nSPS) is 11.3. The van der Waals surface area contributed by atoms with Crippen LogP contribution in [0.1, 0.15) is 13.8 Å². The average Bonchev–Trinajstić information content (AvgIpc) is 2.27. The van der Waals surface area contributed by atoms with Gasteiger partial charge in [0.05, 0.1) is 9.40 Å². The van der Waals surface area contributed by atoms with Crippen LogP contribution in [0, 0.1) is 10.1 Å². The molecule has 1 rings (SSSR count). The van der Waals surface area contributed by atoms with Crippen LogP contribution in [-0.2, 0) is 0 Å². The molecular formula is C10H14BrN3O2S. The van der Waals surface area contributed by atoms with Crippen LogP contribution in [0.25, 0.3) is 0 Å². The number of aromatic nitrogens is 1. The molecule has 0 saturated carbocycles. The van der Waals surface area contributed by atoms with E-state index in [4.69, 9.17) is 0 Å². The van der Waals surface area contributed by atoms with Crippen LogP contribution in [0.4, 0.5) is 11.4 Å². The maximum absolute atomic E-state index is 10.9. The monoisotopic (exact) mass is 319 g/mol. The van der Waals surface area contributed by atoms with Gasteiger partial charge in [0.2, 0.25) is 0 Å². The number of hydrogen-bond acceptors (Lipinski definition) is 5. The maximum atomic E-state index is 10.9. The Balaban J connectivity index is 2.94. The summed E-state index contributed by atoms with van der Waals surface area (Å²) in [5.74, 6) is 0. The van der Waals surface area contributed by atoms with Gasteiger partial charge in [-0.15, -0.1) is 0 Å². The minimum absolute atomic E-state index is 0.0105. The molecule has 0 unspecified atom stereocenters. The second kappa shape index (κ2) is 5.68. The van der Waals surface area contributed by atoms with Gasteiger partial charge < -0.3 is 5.32 Å². The number of thioether (sulfide) groups is 1. The molecule has 1 heterocycles. The summed E-state index contributed by atoms with van der Waals surface area (Å²) in [4.78, 5) is 14.2. The smallest absolute Gasteiger partial charge is 0.311 e. The summed E-state index contributed by atoms with van der Waals surface area (Å²) in [5, 5.41) is 14.0. The molecule has 0 radical (unpaired) electrons. The SMILES string of the molecule is CSC(C)(C)CNc1c(Br)cncc1[N+](=O)[O-]. The van der Waals surface area contributed by atoms with E-state index in [1.54, 1.807) is 18.0 Å². The van der Waals surface area contributed by atoms with Gasteiger partial charge in [0, 0.05) is 17.5 Å². The Morgan fingerprint density at radius 2 is 2.24 bits per heavy atom. The molecular weight excluding hydrogens is 306 g/mol. The minimum Gasteiger partial charge on any atom is -0.377 e. The molecule has 0 aromatic carbocycles. The third-order valence-corrected chi connectivity index (χ3v) is 4.17. The zero-order valence-electron chi connectivity index (χ0n) is 9.86. The number of rotatable bonds is 5. The second-order valence-corrected chi connectivity index (χ2v) is 6.46. The molecule has 7 heteroatoms. The molecule has 0 aliphatic carbocycles. The van der Waals surface area contributed by atoms with Gasteiger partial charge in [-0.25, -0.2) is 0 Å². The molecule has 0 amide bonds. The van der Waals surface area contributed by atoms with Crippen LogP contribution in [0.3, 0.4) is 0 Å². The second-order valence-electron chi connectivity index (χ2n) is 4.09. The van der Waals surface area contributed by atoms with Crippen molar-refractivity contribution in [3.8, 4) is 0 Å². The standard InChI is InChI=1S/C10H14BrN3O2S/c1-10(2,17-3)6-13-9-7(11)4-12-5-8(9)14(15)16/h4-5H,6H2,1-3H3,(H,12,13). The number of nitrogens with zero attached hydrogens (tertiary/aromatic N) is 2. The maximum Gasteiger partial charge on any atom is 0.311 e. The Hall–Kier alpha value is -0.820. The van der Waals surface area contributed by atoms with Crippen molar-refractivity contribution in [1.29, 1.82) is 0 Å². The first-order valence-electron chi connectivity index (χ1n) is 4.94. The first-order valence-corrected chi connectivity index (χ1v) is 6.96. The van der Waals surface area contributed by atoms with E-state index in [-0.39, 0.29) is 10.4 Å². The molecule has 17 heavy (non-hydrogen) atoms. The van der Waals surface area contributed by atoms with Crippen molar-refractivity contribution in [2.24, 2.45) is 0 Å². The molecule has 1 aromatic rings. The summed E-state index contributed by atoms with van der Waals surface area (Å²) in [6, 6.07) is 0. The lowest BCUT2D eigenvalue weighted by molar-refractivity contribution is -0.384. The number of pyridine rings is 1. The number of hydrogen-bond donors (Lipinski definition) is 1. The van der Waals surface area contributed by atoms with Crippen LogP contribution < -0.4 is 5.32 Å².